The van der Waals surface area contributed by atoms with Gasteiger partial charge in [-0.3, -0.25) is 0 Å². The van der Waals surface area contributed by atoms with Crippen molar-refractivity contribution in [2.24, 2.45) is 0 Å². The maximum Gasteiger partial charge on any atom is -0.0152 e. The van der Waals surface area contributed by atoms with Crippen LogP contribution in [0.3, 0.4) is 0 Å². The van der Waals surface area contributed by atoms with Crippen LogP contribution < -0.4 is 0 Å². The van der Waals surface area contributed by atoms with Crippen molar-refractivity contribution in [1.29, 1.82) is 0 Å². The zero-order valence-corrected chi connectivity index (χ0v) is 8.96. The molecule has 0 amide bonds. The molecule has 0 saturated carbocycles. The summed E-state index contributed by atoms with van der Waals surface area (Å²) in [5, 5.41) is 2.77. The molecule has 0 nitrogen and oxygen atoms in total. The number of aryl methyl sites for hydroxylation is 1. The average molecular weight is 194 g/mol. The Bertz CT molecular complexity index is 547. The largest absolute Gasteiger partial charge is 0.0836 e. The number of hydrogen-bond acceptors (Lipinski definition) is 0. The summed E-state index contributed by atoms with van der Waals surface area (Å²) < 4.78 is 0. The van der Waals surface area contributed by atoms with E-state index in [0.29, 0.717) is 0 Å². The third-order valence-electron chi connectivity index (χ3n) is 3.34. The third-order valence-corrected chi connectivity index (χ3v) is 3.34. The first-order valence-electron chi connectivity index (χ1n) is 5.54. The number of rotatable bonds is 0. The zero-order valence-electron chi connectivity index (χ0n) is 8.96. The van der Waals surface area contributed by atoms with Gasteiger partial charge in [-0.2, -0.15) is 0 Å². The zero-order chi connectivity index (χ0) is 10.3. The summed E-state index contributed by atoms with van der Waals surface area (Å²) in [4.78, 5) is 0. The predicted octanol–water partition coefficient (Wildman–Crippen LogP) is 4.11. The quantitative estimate of drug-likeness (QED) is 0.592. The first kappa shape index (κ1) is 8.72. The van der Waals surface area contributed by atoms with E-state index >= 15 is 0 Å². The molecule has 0 aromatic heterocycles. The highest BCUT2D eigenvalue weighted by Gasteiger charge is 2.10. The van der Waals surface area contributed by atoms with Crippen LogP contribution in [0.1, 0.15) is 23.1 Å². The first-order valence-corrected chi connectivity index (χ1v) is 5.54. The number of allylic oxidation sites excluding steroid dienone is 1. The van der Waals surface area contributed by atoms with E-state index < -0.39 is 0 Å². The summed E-state index contributed by atoms with van der Waals surface area (Å²) in [6.45, 7) is 2.25. The highest BCUT2D eigenvalue weighted by atomic mass is 14.1. The van der Waals surface area contributed by atoms with Crippen LogP contribution in [0, 0.1) is 6.92 Å². The molecule has 1 aliphatic carbocycles. The third kappa shape index (κ3) is 1.29. The Kier molecular flexibility index (Phi) is 1.88. The van der Waals surface area contributed by atoms with E-state index in [1.54, 1.807) is 0 Å². The van der Waals surface area contributed by atoms with Crippen molar-refractivity contribution in [1.82, 2.24) is 0 Å². The van der Waals surface area contributed by atoms with E-state index in [2.05, 4.69) is 49.4 Å². The van der Waals surface area contributed by atoms with E-state index in [1.165, 1.54) is 40.3 Å². The predicted molar refractivity (Wildman–Crippen MR) is 66.0 cm³/mol. The van der Waals surface area contributed by atoms with Crippen LogP contribution in [0.15, 0.2) is 36.4 Å². The van der Waals surface area contributed by atoms with E-state index in [1.807, 2.05) is 0 Å². The Morgan fingerprint density at radius 1 is 1.13 bits per heavy atom. The van der Waals surface area contributed by atoms with Gasteiger partial charge in [0.05, 0.1) is 0 Å². The van der Waals surface area contributed by atoms with Crippen molar-refractivity contribution in [2.45, 2.75) is 19.8 Å². The van der Waals surface area contributed by atoms with Gasteiger partial charge in [0.25, 0.3) is 0 Å². The minimum atomic E-state index is 1.19. The van der Waals surface area contributed by atoms with Crippen LogP contribution in [0.25, 0.3) is 16.8 Å². The molecule has 74 valence electrons. The Hall–Kier alpha value is -1.56. The molecule has 0 unspecified atom stereocenters. The first-order chi connectivity index (χ1) is 7.36. The lowest BCUT2D eigenvalue weighted by molar-refractivity contribution is 0.976. The molecule has 0 fully saturated rings. The minimum Gasteiger partial charge on any atom is -0.0836 e. The Labute approximate surface area is 90.2 Å². The molecule has 0 saturated heterocycles. The Balaban J connectivity index is 2.42. The van der Waals surface area contributed by atoms with Gasteiger partial charge >= 0.3 is 0 Å². The summed E-state index contributed by atoms with van der Waals surface area (Å²) >= 11 is 0. The summed E-state index contributed by atoms with van der Waals surface area (Å²) in [7, 11) is 0. The average Bonchev–Trinajstić information content (AvgIpc) is 2.30. The fourth-order valence-electron chi connectivity index (χ4n) is 2.52. The standard InChI is InChI=1S/C15H14/c1-11-14-8-4-2-6-12(14)10-13-7-3-5-9-15(11)13/h2-4,6-8,10H,5,9H2,1H3. The summed E-state index contributed by atoms with van der Waals surface area (Å²) in [5.74, 6) is 0. The lowest BCUT2D eigenvalue weighted by atomic mass is 9.89. The Morgan fingerprint density at radius 3 is 2.93 bits per heavy atom. The van der Waals surface area contributed by atoms with Gasteiger partial charge in [-0.05, 0) is 53.3 Å². The smallest absolute Gasteiger partial charge is 0.0152 e. The molecule has 0 aliphatic heterocycles. The molecule has 0 heterocycles. The topological polar surface area (TPSA) is 0 Å². The van der Waals surface area contributed by atoms with Crippen molar-refractivity contribution in [3.63, 3.8) is 0 Å². The molecule has 2 aromatic carbocycles. The molecule has 1 aliphatic rings. The number of hydrogen-bond donors (Lipinski definition) is 0. The molecule has 15 heavy (non-hydrogen) atoms. The summed E-state index contributed by atoms with van der Waals surface area (Å²) in [6, 6.07) is 11.0. The van der Waals surface area contributed by atoms with E-state index in [0.717, 1.165) is 0 Å². The van der Waals surface area contributed by atoms with Crippen LogP contribution >= 0.6 is 0 Å². The molecule has 0 bridgehead atoms. The SMILES string of the molecule is Cc1c2c(cc3ccccc13)C=CCC2. The molecule has 3 rings (SSSR count). The lowest BCUT2D eigenvalue weighted by Crippen LogP contribution is -1.98. The van der Waals surface area contributed by atoms with Gasteiger partial charge in [0.15, 0.2) is 0 Å². The van der Waals surface area contributed by atoms with Crippen molar-refractivity contribution in [3.8, 4) is 0 Å². The molecule has 0 N–H and O–H groups in total. The number of benzene rings is 2. The van der Waals surface area contributed by atoms with Gasteiger partial charge in [-0.25, -0.2) is 0 Å². The molecule has 0 spiro atoms. The van der Waals surface area contributed by atoms with Gasteiger partial charge < -0.3 is 0 Å². The van der Waals surface area contributed by atoms with Crippen molar-refractivity contribution >= 4 is 16.8 Å². The van der Waals surface area contributed by atoms with Crippen LogP contribution in [0.2, 0.25) is 0 Å². The van der Waals surface area contributed by atoms with Crippen molar-refractivity contribution < 1.29 is 0 Å². The van der Waals surface area contributed by atoms with Gasteiger partial charge in [0.2, 0.25) is 0 Å². The van der Waals surface area contributed by atoms with Gasteiger partial charge in [0, 0.05) is 0 Å². The van der Waals surface area contributed by atoms with E-state index in [-0.39, 0.29) is 0 Å². The molecular weight excluding hydrogens is 180 g/mol. The highest BCUT2D eigenvalue weighted by Crippen LogP contribution is 2.29. The van der Waals surface area contributed by atoms with Gasteiger partial charge in [-0.1, -0.05) is 36.4 Å². The minimum absolute atomic E-state index is 1.19. The molecule has 0 radical (unpaired) electrons. The molecule has 0 heteroatoms. The van der Waals surface area contributed by atoms with Crippen molar-refractivity contribution in [3.05, 3.63) is 53.1 Å². The molecular formula is C15H14. The number of fused-ring (bicyclic) bond motifs is 2. The van der Waals surface area contributed by atoms with E-state index in [9.17, 15) is 0 Å². The van der Waals surface area contributed by atoms with Crippen LogP contribution in [0.4, 0.5) is 0 Å². The van der Waals surface area contributed by atoms with Crippen LogP contribution in [-0.4, -0.2) is 0 Å². The lowest BCUT2D eigenvalue weighted by Gasteiger charge is -2.15. The fraction of sp³-hybridized carbons (Fsp3) is 0.200. The van der Waals surface area contributed by atoms with E-state index in [4.69, 9.17) is 0 Å². The van der Waals surface area contributed by atoms with Crippen LogP contribution in [0.5, 0.6) is 0 Å². The highest BCUT2D eigenvalue weighted by molar-refractivity contribution is 5.89. The fourth-order valence-corrected chi connectivity index (χ4v) is 2.52. The molecule has 0 atom stereocenters. The normalized spacial score (nSPS) is 14.2. The monoisotopic (exact) mass is 194 g/mol. The Morgan fingerprint density at radius 2 is 2.00 bits per heavy atom. The summed E-state index contributed by atoms with van der Waals surface area (Å²) in [5.41, 5.74) is 4.42. The molecule has 2 aromatic rings. The second-order valence-corrected chi connectivity index (χ2v) is 4.23. The van der Waals surface area contributed by atoms with Gasteiger partial charge in [-0.15, -0.1) is 0 Å². The second-order valence-electron chi connectivity index (χ2n) is 4.23. The van der Waals surface area contributed by atoms with Gasteiger partial charge in [0.1, 0.15) is 0 Å². The van der Waals surface area contributed by atoms with Crippen LogP contribution in [-0.2, 0) is 6.42 Å². The second kappa shape index (κ2) is 3.23. The maximum atomic E-state index is 2.31. The summed E-state index contributed by atoms with van der Waals surface area (Å²) in [6.07, 6.45) is 6.92. The van der Waals surface area contributed by atoms with Crippen molar-refractivity contribution in [2.75, 3.05) is 0 Å². The maximum absolute atomic E-state index is 2.31.